The summed E-state index contributed by atoms with van der Waals surface area (Å²) in [7, 11) is -1.64. The second-order valence-corrected chi connectivity index (χ2v) is 10.5. The first-order valence-electron chi connectivity index (χ1n) is 11.5. The largest absolute Gasteiger partial charge is 0.490 e. The molecule has 34 heavy (non-hydrogen) atoms. The van der Waals surface area contributed by atoms with Crippen LogP contribution in [0.4, 0.5) is 11.4 Å². The number of benzene rings is 3. The van der Waals surface area contributed by atoms with Crippen molar-refractivity contribution in [1.82, 2.24) is 9.62 Å². The van der Waals surface area contributed by atoms with Crippen molar-refractivity contribution in [3.05, 3.63) is 59.6 Å². The van der Waals surface area contributed by atoms with Crippen molar-refractivity contribution in [1.29, 1.82) is 0 Å². The molecule has 3 aromatic carbocycles. The van der Waals surface area contributed by atoms with Gasteiger partial charge in [0.2, 0.25) is 10.0 Å². The molecule has 9 heteroatoms. The molecular weight excluding hydrogens is 472 g/mol. The lowest BCUT2D eigenvalue weighted by Gasteiger charge is -2.28. The average Bonchev–Trinajstić information content (AvgIpc) is 2.82. The molecule has 182 valence electrons. The number of anilines is 2. The molecule has 0 fully saturated rings. The molecule has 0 bridgehead atoms. The lowest BCUT2D eigenvalue weighted by molar-refractivity contribution is 0.304. The average molecular weight is 503 g/mol. The third kappa shape index (κ3) is 5.75. The fourth-order valence-corrected chi connectivity index (χ4v) is 5.33. The predicted octanol–water partition coefficient (Wildman–Crippen LogP) is 4.03. The molecule has 4 rings (SSSR count). The van der Waals surface area contributed by atoms with Crippen LogP contribution in [0.3, 0.4) is 0 Å². The van der Waals surface area contributed by atoms with Crippen LogP contribution in [-0.4, -0.2) is 66.2 Å². The predicted molar refractivity (Wildman–Crippen MR) is 140 cm³/mol. The smallest absolute Gasteiger partial charge is 0.240 e. The minimum Gasteiger partial charge on any atom is -0.490 e. The van der Waals surface area contributed by atoms with E-state index >= 15 is 0 Å². The van der Waals surface area contributed by atoms with Crippen LogP contribution in [0.1, 0.15) is 6.92 Å². The number of halogens is 1. The fraction of sp³-hybridized carbons (Fsp3) is 0.360. The topological polar surface area (TPSA) is 73.9 Å². The van der Waals surface area contributed by atoms with Gasteiger partial charge in [-0.15, -0.1) is 0 Å². The zero-order valence-electron chi connectivity index (χ0n) is 19.6. The Morgan fingerprint density at radius 3 is 2.74 bits per heavy atom. The van der Waals surface area contributed by atoms with Gasteiger partial charge in [0.1, 0.15) is 12.4 Å². The zero-order chi connectivity index (χ0) is 24.1. The number of hydrogen-bond donors (Lipinski definition) is 2. The fourth-order valence-electron chi connectivity index (χ4n) is 4.11. The van der Waals surface area contributed by atoms with Gasteiger partial charge in [-0.05, 0) is 42.3 Å². The number of sulfonamides is 1. The minimum absolute atomic E-state index is 0.224. The molecular formula is C25H31ClN4O3S. The van der Waals surface area contributed by atoms with E-state index in [1.165, 1.54) is 0 Å². The second kappa shape index (κ2) is 10.8. The van der Waals surface area contributed by atoms with Crippen LogP contribution in [0.2, 0.25) is 5.02 Å². The Bertz CT molecular complexity index is 1250. The molecule has 0 unspecified atom stereocenters. The summed E-state index contributed by atoms with van der Waals surface area (Å²) >= 11 is 6.11. The Hall–Kier alpha value is -2.52. The SMILES string of the molecule is CCN(CCNc1cccc2cc(Cl)ccc12)CCNS(=O)(=O)c1ccc2c(c1)OCCN2C. The van der Waals surface area contributed by atoms with Gasteiger partial charge in [0.15, 0.2) is 0 Å². The number of nitrogens with zero attached hydrogens (tertiary/aromatic N) is 2. The molecule has 2 N–H and O–H groups in total. The van der Waals surface area contributed by atoms with Crippen LogP contribution in [0.5, 0.6) is 5.75 Å². The lowest BCUT2D eigenvalue weighted by atomic mass is 10.1. The summed E-state index contributed by atoms with van der Waals surface area (Å²) in [4.78, 5) is 4.49. The molecule has 1 aliphatic heterocycles. The molecule has 0 spiro atoms. The summed E-state index contributed by atoms with van der Waals surface area (Å²) in [5, 5.41) is 6.44. The van der Waals surface area contributed by atoms with Crippen molar-refractivity contribution >= 4 is 43.8 Å². The first kappa shape index (κ1) is 24.6. The van der Waals surface area contributed by atoms with Gasteiger partial charge in [0, 0.05) is 55.4 Å². The van der Waals surface area contributed by atoms with Crippen molar-refractivity contribution in [3.63, 3.8) is 0 Å². The summed E-state index contributed by atoms with van der Waals surface area (Å²) in [5.41, 5.74) is 1.97. The highest BCUT2D eigenvalue weighted by Crippen LogP contribution is 2.32. The van der Waals surface area contributed by atoms with E-state index in [2.05, 4.69) is 32.8 Å². The summed E-state index contributed by atoms with van der Waals surface area (Å²) in [6, 6.07) is 17.0. The van der Waals surface area contributed by atoms with Crippen LogP contribution in [0, 0.1) is 0 Å². The molecule has 0 aromatic heterocycles. The molecule has 0 saturated carbocycles. The van der Waals surface area contributed by atoms with Gasteiger partial charge in [0.25, 0.3) is 0 Å². The number of fused-ring (bicyclic) bond motifs is 2. The van der Waals surface area contributed by atoms with Gasteiger partial charge < -0.3 is 19.9 Å². The van der Waals surface area contributed by atoms with Crippen LogP contribution in [0.25, 0.3) is 10.8 Å². The first-order chi connectivity index (χ1) is 16.4. The number of likely N-dealkylation sites (N-methyl/N-ethyl adjacent to an activating group) is 2. The highest BCUT2D eigenvalue weighted by Gasteiger charge is 2.20. The van der Waals surface area contributed by atoms with Gasteiger partial charge in [0.05, 0.1) is 17.1 Å². The van der Waals surface area contributed by atoms with Crippen LogP contribution in [0.15, 0.2) is 59.5 Å². The maximum atomic E-state index is 12.8. The summed E-state index contributed by atoms with van der Waals surface area (Å²) in [6.45, 7) is 6.73. The summed E-state index contributed by atoms with van der Waals surface area (Å²) < 4.78 is 34.0. The number of ether oxygens (including phenoxy) is 1. The van der Waals surface area contributed by atoms with E-state index in [0.29, 0.717) is 25.4 Å². The van der Waals surface area contributed by atoms with Crippen molar-refractivity contribution in [2.24, 2.45) is 0 Å². The Balaban J connectivity index is 1.29. The normalized spacial score (nSPS) is 13.7. The second-order valence-electron chi connectivity index (χ2n) is 8.33. The molecule has 1 heterocycles. The maximum Gasteiger partial charge on any atom is 0.240 e. The summed E-state index contributed by atoms with van der Waals surface area (Å²) in [5.74, 6) is 0.605. The molecule has 0 atom stereocenters. The monoisotopic (exact) mass is 502 g/mol. The molecule has 0 saturated heterocycles. The molecule has 1 aliphatic rings. The third-order valence-corrected chi connectivity index (χ3v) is 7.78. The van der Waals surface area contributed by atoms with Gasteiger partial charge in [-0.25, -0.2) is 13.1 Å². The van der Waals surface area contributed by atoms with E-state index < -0.39 is 10.0 Å². The van der Waals surface area contributed by atoms with Crippen molar-refractivity contribution in [3.8, 4) is 5.75 Å². The molecule has 3 aromatic rings. The molecule has 0 radical (unpaired) electrons. The molecule has 7 nitrogen and oxygen atoms in total. The Morgan fingerprint density at radius 2 is 1.91 bits per heavy atom. The highest BCUT2D eigenvalue weighted by molar-refractivity contribution is 7.89. The van der Waals surface area contributed by atoms with Crippen molar-refractivity contribution in [2.75, 3.05) is 63.1 Å². The van der Waals surface area contributed by atoms with Crippen LogP contribution in [-0.2, 0) is 10.0 Å². The van der Waals surface area contributed by atoms with Gasteiger partial charge in [-0.2, -0.15) is 0 Å². The van der Waals surface area contributed by atoms with E-state index in [9.17, 15) is 8.42 Å². The zero-order valence-corrected chi connectivity index (χ0v) is 21.1. The van der Waals surface area contributed by atoms with Crippen LogP contribution >= 0.6 is 11.6 Å². The standard InChI is InChI=1S/C25H31ClN4O3S/c1-3-30(13-11-27-23-6-4-5-19-17-20(26)7-9-22(19)23)14-12-28-34(31,32)21-8-10-24-25(18-21)33-16-15-29(24)2/h4-10,17-18,27-28H,3,11-16H2,1-2H3. The van der Waals surface area contributed by atoms with E-state index in [1.54, 1.807) is 18.2 Å². The Labute approximate surface area is 206 Å². The number of rotatable bonds is 10. The minimum atomic E-state index is -3.61. The van der Waals surface area contributed by atoms with Gasteiger partial charge in [-0.3, -0.25) is 0 Å². The van der Waals surface area contributed by atoms with E-state index in [4.69, 9.17) is 16.3 Å². The van der Waals surface area contributed by atoms with E-state index in [0.717, 1.165) is 53.3 Å². The molecule has 0 amide bonds. The quantitative estimate of drug-likeness (QED) is 0.436. The number of hydrogen-bond acceptors (Lipinski definition) is 6. The number of nitrogens with one attached hydrogen (secondary N) is 2. The first-order valence-corrected chi connectivity index (χ1v) is 13.4. The Morgan fingerprint density at radius 1 is 1.09 bits per heavy atom. The van der Waals surface area contributed by atoms with E-state index in [-0.39, 0.29) is 4.90 Å². The van der Waals surface area contributed by atoms with Crippen molar-refractivity contribution < 1.29 is 13.2 Å². The van der Waals surface area contributed by atoms with Gasteiger partial charge in [-0.1, -0.05) is 36.7 Å². The van der Waals surface area contributed by atoms with Crippen LogP contribution < -0.4 is 19.7 Å². The Kier molecular flexibility index (Phi) is 7.83. The maximum absolute atomic E-state index is 12.8. The highest BCUT2D eigenvalue weighted by atomic mass is 35.5. The lowest BCUT2D eigenvalue weighted by Crippen LogP contribution is -2.37. The van der Waals surface area contributed by atoms with E-state index in [1.807, 2.05) is 37.4 Å². The van der Waals surface area contributed by atoms with Crippen molar-refractivity contribution in [2.45, 2.75) is 11.8 Å². The van der Waals surface area contributed by atoms with Gasteiger partial charge >= 0.3 is 0 Å². The summed E-state index contributed by atoms with van der Waals surface area (Å²) in [6.07, 6.45) is 0. The molecule has 0 aliphatic carbocycles. The third-order valence-electron chi connectivity index (χ3n) is 6.09.